The van der Waals surface area contributed by atoms with Crippen LogP contribution in [0.15, 0.2) is 48.5 Å². The molecule has 2 aliphatic rings. The highest BCUT2D eigenvalue weighted by Gasteiger charge is 2.28. The van der Waals surface area contributed by atoms with Crippen molar-refractivity contribution < 1.29 is 19.4 Å². The number of amides is 1. The van der Waals surface area contributed by atoms with E-state index >= 15 is 0 Å². The minimum absolute atomic E-state index is 0.0271. The SMILES string of the molecule is Cc1nnn2c1-c1ccc(C3=CCN(C(=O)OC(C)(C)C)CC3)cc1C(Nc1cccc(OCCO)c1)CC2. The normalized spacial score (nSPS) is 17.0. The Hall–Kier alpha value is -3.85. The zero-order valence-corrected chi connectivity index (χ0v) is 23.1. The number of fused-ring (bicyclic) bond motifs is 3. The molecule has 2 N–H and O–H groups in total. The van der Waals surface area contributed by atoms with E-state index in [1.54, 1.807) is 4.90 Å². The molecule has 1 atom stereocenters. The van der Waals surface area contributed by atoms with Crippen LogP contribution in [0.4, 0.5) is 10.5 Å². The Morgan fingerprint density at radius 3 is 2.77 bits per heavy atom. The molecule has 0 saturated carbocycles. The number of hydrogen-bond acceptors (Lipinski definition) is 7. The number of anilines is 1. The molecule has 0 bridgehead atoms. The van der Waals surface area contributed by atoms with E-state index in [4.69, 9.17) is 14.6 Å². The van der Waals surface area contributed by atoms with Gasteiger partial charge in [0.15, 0.2) is 0 Å². The molecule has 0 saturated heterocycles. The minimum Gasteiger partial charge on any atom is -0.491 e. The van der Waals surface area contributed by atoms with Gasteiger partial charge in [-0.25, -0.2) is 9.48 Å². The monoisotopic (exact) mass is 531 g/mol. The summed E-state index contributed by atoms with van der Waals surface area (Å²) < 4.78 is 13.2. The third-order valence-electron chi connectivity index (χ3n) is 6.98. The lowest BCUT2D eigenvalue weighted by Gasteiger charge is -2.30. The summed E-state index contributed by atoms with van der Waals surface area (Å²) >= 11 is 0. The van der Waals surface area contributed by atoms with Gasteiger partial charge < -0.3 is 24.8 Å². The van der Waals surface area contributed by atoms with Crippen molar-refractivity contribution in [3.8, 4) is 17.0 Å². The van der Waals surface area contributed by atoms with E-state index in [1.807, 2.05) is 56.6 Å². The summed E-state index contributed by atoms with van der Waals surface area (Å²) in [5, 5.41) is 21.6. The lowest BCUT2D eigenvalue weighted by Crippen LogP contribution is -2.39. The molecule has 0 radical (unpaired) electrons. The van der Waals surface area contributed by atoms with E-state index in [0.29, 0.717) is 18.8 Å². The predicted octanol–water partition coefficient (Wildman–Crippen LogP) is 5.21. The summed E-state index contributed by atoms with van der Waals surface area (Å²) in [5.41, 5.74) is 7.09. The number of carbonyl (C=O) groups is 1. The number of ether oxygens (including phenoxy) is 2. The minimum atomic E-state index is -0.510. The van der Waals surface area contributed by atoms with E-state index in [2.05, 4.69) is 39.9 Å². The first-order valence-electron chi connectivity index (χ1n) is 13.5. The molecule has 3 heterocycles. The summed E-state index contributed by atoms with van der Waals surface area (Å²) in [6, 6.07) is 14.5. The summed E-state index contributed by atoms with van der Waals surface area (Å²) in [4.78, 5) is 14.3. The van der Waals surface area contributed by atoms with E-state index < -0.39 is 5.60 Å². The first-order chi connectivity index (χ1) is 18.7. The van der Waals surface area contributed by atoms with Crippen LogP contribution in [0.2, 0.25) is 0 Å². The maximum Gasteiger partial charge on any atom is 0.410 e. The summed E-state index contributed by atoms with van der Waals surface area (Å²) in [6.45, 7) is 9.78. The fourth-order valence-corrected chi connectivity index (χ4v) is 5.18. The van der Waals surface area contributed by atoms with Crippen molar-refractivity contribution in [2.45, 2.75) is 58.7 Å². The second kappa shape index (κ2) is 11.1. The van der Waals surface area contributed by atoms with Crippen molar-refractivity contribution in [1.82, 2.24) is 19.9 Å². The van der Waals surface area contributed by atoms with Gasteiger partial charge in [0.2, 0.25) is 0 Å². The van der Waals surface area contributed by atoms with Crippen LogP contribution in [-0.2, 0) is 11.3 Å². The quantitative estimate of drug-likeness (QED) is 0.450. The molecule has 0 aliphatic carbocycles. The number of nitrogens with one attached hydrogen (secondary N) is 1. The van der Waals surface area contributed by atoms with Crippen LogP contribution in [0, 0.1) is 6.92 Å². The van der Waals surface area contributed by atoms with E-state index in [0.717, 1.165) is 47.6 Å². The number of aliphatic hydroxyl groups excluding tert-OH is 1. The van der Waals surface area contributed by atoms with Crippen LogP contribution >= 0.6 is 0 Å². The van der Waals surface area contributed by atoms with E-state index in [1.165, 1.54) is 11.1 Å². The second-order valence-electron chi connectivity index (χ2n) is 11.0. The molecule has 9 heteroatoms. The highest BCUT2D eigenvalue weighted by molar-refractivity contribution is 5.76. The molecule has 3 aromatic rings. The first-order valence-corrected chi connectivity index (χ1v) is 13.5. The average Bonchev–Trinajstić information content (AvgIpc) is 3.21. The van der Waals surface area contributed by atoms with Gasteiger partial charge in [-0.3, -0.25) is 0 Å². The third kappa shape index (κ3) is 6.09. The van der Waals surface area contributed by atoms with Gasteiger partial charge in [0, 0.05) is 37.0 Å². The second-order valence-corrected chi connectivity index (χ2v) is 11.0. The van der Waals surface area contributed by atoms with Crippen molar-refractivity contribution in [2.75, 3.05) is 31.6 Å². The molecule has 39 heavy (non-hydrogen) atoms. The Kier molecular flexibility index (Phi) is 7.61. The molecule has 9 nitrogen and oxygen atoms in total. The molecule has 2 aliphatic heterocycles. The predicted molar refractivity (Wildman–Crippen MR) is 151 cm³/mol. The van der Waals surface area contributed by atoms with Crippen LogP contribution in [0.25, 0.3) is 16.8 Å². The fraction of sp³-hybridized carbons (Fsp3) is 0.433. The maximum absolute atomic E-state index is 12.5. The number of rotatable bonds is 6. The van der Waals surface area contributed by atoms with Crippen LogP contribution in [0.1, 0.15) is 56.5 Å². The molecule has 0 fully saturated rings. The van der Waals surface area contributed by atoms with Gasteiger partial charge >= 0.3 is 6.09 Å². The van der Waals surface area contributed by atoms with Gasteiger partial charge in [0.1, 0.15) is 18.0 Å². The number of nitrogens with zero attached hydrogens (tertiary/aromatic N) is 4. The third-order valence-corrected chi connectivity index (χ3v) is 6.98. The molecule has 2 aromatic carbocycles. The van der Waals surface area contributed by atoms with Gasteiger partial charge in [0.25, 0.3) is 0 Å². The van der Waals surface area contributed by atoms with Gasteiger partial charge in [-0.1, -0.05) is 29.5 Å². The standard InChI is InChI=1S/C30H37N5O4/c1-20-28-25-9-8-22(21-10-13-34(14-11-21)29(37)39-30(2,3)4)18-26(25)27(12-15-35(28)33-32-20)31-23-6-5-7-24(19-23)38-17-16-36/h5-10,18-19,27,31,36H,11-17H2,1-4H3. The largest absolute Gasteiger partial charge is 0.491 e. The van der Waals surface area contributed by atoms with E-state index in [9.17, 15) is 4.79 Å². The van der Waals surface area contributed by atoms with Gasteiger partial charge in [-0.05, 0) is 75.4 Å². The molecule has 1 aromatic heterocycles. The molecule has 1 amide bonds. The fourth-order valence-electron chi connectivity index (χ4n) is 5.18. The number of aryl methyl sites for hydroxylation is 2. The summed E-state index contributed by atoms with van der Waals surface area (Å²) in [5.74, 6) is 0.714. The summed E-state index contributed by atoms with van der Waals surface area (Å²) in [6.07, 6.45) is 3.46. The van der Waals surface area contributed by atoms with Crippen molar-refractivity contribution in [1.29, 1.82) is 0 Å². The van der Waals surface area contributed by atoms with Crippen molar-refractivity contribution in [3.05, 3.63) is 65.4 Å². The smallest absolute Gasteiger partial charge is 0.410 e. The molecule has 5 rings (SSSR count). The molecule has 0 spiro atoms. The highest BCUT2D eigenvalue weighted by Crippen LogP contribution is 2.39. The molecule has 1 unspecified atom stereocenters. The first kappa shape index (κ1) is 26.7. The van der Waals surface area contributed by atoms with Crippen LogP contribution in [0.5, 0.6) is 5.75 Å². The van der Waals surface area contributed by atoms with Crippen LogP contribution in [-0.4, -0.2) is 63.0 Å². The zero-order chi connectivity index (χ0) is 27.6. The van der Waals surface area contributed by atoms with Crippen LogP contribution in [0.3, 0.4) is 0 Å². The van der Waals surface area contributed by atoms with Crippen molar-refractivity contribution in [2.24, 2.45) is 0 Å². The lowest BCUT2D eigenvalue weighted by molar-refractivity contribution is 0.0270. The maximum atomic E-state index is 12.5. The number of aliphatic hydroxyl groups is 1. The topological polar surface area (TPSA) is 102 Å². The van der Waals surface area contributed by atoms with Crippen molar-refractivity contribution >= 4 is 17.4 Å². The lowest BCUT2D eigenvalue weighted by atomic mass is 9.90. The Labute approximate surface area is 229 Å². The highest BCUT2D eigenvalue weighted by atomic mass is 16.6. The molecular weight excluding hydrogens is 494 g/mol. The zero-order valence-electron chi connectivity index (χ0n) is 23.1. The van der Waals surface area contributed by atoms with Gasteiger partial charge in [-0.2, -0.15) is 0 Å². The van der Waals surface area contributed by atoms with Crippen molar-refractivity contribution in [3.63, 3.8) is 0 Å². The molecular formula is C30H37N5O4. The molecule has 206 valence electrons. The Balaban J connectivity index is 1.44. The number of aromatic nitrogens is 3. The Morgan fingerprint density at radius 2 is 2.03 bits per heavy atom. The van der Waals surface area contributed by atoms with Crippen LogP contribution < -0.4 is 10.1 Å². The summed E-state index contributed by atoms with van der Waals surface area (Å²) in [7, 11) is 0. The Morgan fingerprint density at radius 1 is 1.18 bits per heavy atom. The number of carbonyl (C=O) groups excluding carboxylic acids is 1. The van der Waals surface area contributed by atoms with Gasteiger partial charge in [0.05, 0.1) is 24.0 Å². The van der Waals surface area contributed by atoms with E-state index in [-0.39, 0.29) is 25.3 Å². The Bertz CT molecular complexity index is 1370. The number of hydrogen-bond donors (Lipinski definition) is 2. The number of benzene rings is 2. The average molecular weight is 532 g/mol. The van der Waals surface area contributed by atoms with Gasteiger partial charge in [-0.15, -0.1) is 5.10 Å².